The highest BCUT2D eigenvalue weighted by Crippen LogP contribution is 2.18. The monoisotopic (exact) mass is 197 g/mol. The molecule has 71 valence electrons. The van der Waals surface area contributed by atoms with Crippen molar-refractivity contribution in [3.05, 3.63) is 54.0 Å². The third-order valence-electron chi connectivity index (χ3n) is 1.97. The van der Waals surface area contributed by atoms with Gasteiger partial charge in [-0.05, 0) is 24.3 Å². The summed E-state index contributed by atoms with van der Waals surface area (Å²) in [6.45, 7) is 0. The molecule has 0 aliphatic heterocycles. The van der Waals surface area contributed by atoms with Crippen LogP contribution < -0.4 is 0 Å². The first-order chi connectivity index (χ1) is 7.31. The van der Waals surface area contributed by atoms with Crippen molar-refractivity contribution in [3.8, 4) is 17.3 Å². The predicted octanol–water partition coefficient (Wildman–Crippen LogP) is 2.56. The molecule has 0 amide bonds. The highest BCUT2D eigenvalue weighted by molar-refractivity contribution is 5.60. The van der Waals surface area contributed by atoms with Crippen molar-refractivity contribution in [2.24, 2.45) is 0 Å². The van der Waals surface area contributed by atoms with Crippen LogP contribution in [0.3, 0.4) is 0 Å². The van der Waals surface area contributed by atoms with Crippen molar-refractivity contribution in [1.82, 2.24) is 4.98 Å². The van der Waals surface area contributed by atoms with E-state index in [1.54, 1.807) is 30.5 Å². The first kappa shape index (κ1) is 9.35. The fourth-order valence-electron chi connectivity index (χ4n) is 1.24. The molecule has 1 aromatic heterocycles. The van der Waals surface area contributed by atoms with Gasteiger partial charge in [-0.2, -0.15) is 5.26 Å². The summed E-state index contributed by atoms with van der Waals surface area (Å²) in [5.41, 5.74) is 1.31. The number of hydrogen-bond donors (Lipinski definition) is 0. The van der Waals surface area contributed by atoms with E-state index in [4.69, 9.17) is 5.26 Å². The molecule has 2 nitrogen and oxygen atoms in total. The van der Waals surface area contributed by atoms with E-state index < -0.39 is 5.82 Å². The molecule has 15 heavy (non-hydrogen) atoms. The van der Waals surface area contributed by atoms with Gasteiger partial charge in [0.05, 0.1) is 11.3 Å². The normalized spacial score (nSPS) is 9.60. The Hall–Kier alpha value is -2.21. The van der Waals surface area contributed by atoms with Gasteiger partial charge in [-0.1, -0.05) is 6.07 Å². The lowest BCUT2D eigenvalue weighted by Crippen LogP contribution is -1.87. The van der Waals surface area contributed by atoms with Crippen LogP contribution in [0, 0.1) is 23.2 Å². The van der Waals surface area contributed by atoms with Gasteiger partial charge in [0, 0.05) is 17.8 Å². The number of benzene rings is 1. The van der Waals surface area contributed by atoms with Crippen molar-refractivity contribution >= 4 is 0 Å². The largest absolute Gasteiger partial charge is 0.256 e. The predicted molar refractivity (Wildman–Crippen MR) is 53.2 cm³/mol. The third kappa shape index (κ3) is 1.84. The second kappa shape index (κ2) is 3.89. The molecule has 0 fully saturated rings. The van der Waals surface area contributed by atoms with Gasteiger partial charge in [0.15, 0.2) is 0 Å². The molecule has 0 aliphatic rings. The van der Waals surface area contributed by atoms with Gasteiger partial charge in [0.25, 0.3) is 0 Å². The summed E-state index contributed by atoms with van der Waals surface area (Å²) in [4.78, 5) is 4.07. The molecular weight excluding hydrogens is 191 g/mol. The SMILES string of the molecule is N#Cc1cc(-c2[c]cccn2)ccc1F. The first-order valence-corrected chi connectivity index (χ1v) is 4.34. The lowest BCUT2D eigenvalue weighted by Gasteiger charge is -2.00. The van der Waals surface area contributed by atoms with Crippen molar-refractivity contribution in [3.63, 3.8) is 0 Å². The second-order valence-electron chi connectivity index (χ2n) is 2.94. The van der Waals surface area contributed by atoms with E-state index in [0.29, 0.717) is 11.3 Å². The Morgan fingerprint density at radius 1 is 1.40 bits per heavy atom. The van der Waals surface area contributed by atoms with Crippen LogP contribution in [0.1, 0.15) is 5.56 Å². The van der Waals surface area contributed by atoms with E-state index in [9.17, 15) is 4.39 Å². The molecule has 0 saturated carbocycles. The molecule has 0 N–H and O–H groups in total. The van der Waals surface area contributed by atoms with Crippen molar-refractivity contribution in [2.75, 3.05) is 0 Å². The van der Waals surface area contributed by atoms with Crippen LogP contribution in [0.5, 0.6) is 0 Å². The zero-order valence-electron chi connectivity index (χ0n) is 7.74. The zero-order valence-corrected chi connectivity index (χ0v) is 7.74. The molecule has 1 aromatic carbocycles. The molecule has 0 unspecified atom stereocenters. The topological polar surface area (TPSA) is 36.7 Å². The van der Waals surface area contributed by atoms with Crippen LogP contribution in [0.15, 0.2) is 36.5 Å². The van der Waals surface area contributed by atoms with Crippen LogP contribution >= 0.6 is 0 Å². The Balaban J connectivity index is 2.52. The summed E-state index contributed by atoms with van der Waals surface area (Å²) < 4.78 is 13.0. The van der Waals surface area contributed by atoms with Gasteiger partial charge in [-0.15, -0.1) is 0 Å². The minimum Gasteiger partial charge on any atom is -0.256 e. The molecule has 0 aliphatic carbocycles. The Labute approximate surface area is 86.6 Å². The van der Waals surface area contributed by atoms with Crippen LogP contribution in [0.2, 0.25) is 0 Å². The van der Waals surface area contributed by atoms with E-state index in [0.717, 1.165) is 0 Å². The summed E-state index contributed by atoms with van der Waals surface area (Å²) >= 11 is 0. The van der Waals surface area contributed by atoms with Gasteiger partial charge >= 0.3 is 0 Å². The highest BCUT2D eigenvalue weighted by atomic mass is 19.1. The van der Waals surface area contributed by atoms with E-state index in [2.05, 4.69) is 11.1 Å². The Morgan fingerprint density at radius 3 is 2.93 bits per heavy atom. The lowest BCUT2D eigenvalue weighted by molar-refractivity contribution is 0.624. The molecule has 0 bridgehead atoms. The van der Waals surface area contributed by atoms with Crippen molar-refractivity contribution in [1.29, 1.82) is 5.26 Å². The number of hydrogen-bond acceptors (Lipinski definition) is 2. The van der Waals surface area contributed by atoms with E-state index >= 15 is 0 Å². The quantitative estimate of drug-likeness (QED) is 0.704. The second-order valence-corrected chi connectivity index (χ2v) is 2.94. The minimum atomic E-state index is -0.516. The van der Waals surface area contributed by atoms with E-state index in [-0.39, 0.29) is 5.56 Å². The lowest BCUT2D eigenvalue weighted by atomic mass is 10.1. The molecule has 1 radical (unpaired) electrons. The van der Waals surface area contributed by atoms with Crippen LogP contribution in [0.4, 0.5) is 4.39 Å². The molecule has 2 aromatic rings. The Morgan fingerprint density at radius 2 is 2.27 bits per heavy atom. The van der Waals surface area contributed by atoms with Crippen LogP contribution in [0.25, 0.3) is 11.3 Å². The van der Waals surface area contributed by atoms with Crippen LogP contribution in [-0.4, -0.2) is 4.98 Å². The van der Waals surface area contributed by atoms with Gasteiger partial charge in [-0.3, -0.25) is 4.98 Å². The molecule has 3 heteroatoms. The maximum Gasteiger partial charge on any atom is 0.140 e. The summed E-state index contributed by atoms with van der Waals surface area (Å²) in [5, 5.41) is 8.67. The first-order valence-electron chi connectivity index (χ1n) is 4.34. The Kier molecular flexibility index (Phi) is 2.42. The number of aromatic nitrogens is 1. The van der Waals surface area contributed by atoms with Crippen molar-refractivity contribution < 1.29 is 4.39 Å². The average molecular weight is 197 g/mol. The zero-order chi connectivity index (χ0) is 10.7. The molecule has 2 rings (SSSR count). The average Bonchev–Trinajstić information content (AvgIpc) is 2.31. The van der Waals surface area contributed by atoms with Gasteiger partial charge < -0.3 is 0 Å². The highest BCUT2D eigenvalue weighted by Gasteiger charge is 2.04. The smallest absolute Gasteiger partial charge is 0.140 e. The molecule has 0 spiro atoms. The maximum atomic E-state index is 13.0. The number of halogens is 1. The molecule has 1 heterocycles. The van der Waals surface area contributed by atoms with Gasteiger partial charge in [0.1, 0.15) is 11.9 Å². The molecule has 0 atom stereocenters. The standard InChI is InChI=1S/C12H6FN2/c13-11-5-4-9(7-10(11)8-14)12-3-1-2-6-15-12/h1-2,4-7H. The number of nitriles is 1. The fourth-order valence-corrected chi connectivity index (χ4v) is 1.24. The molecular formula is C12H6FN2. The van der Waals surface area contributed by atoms with E-state index in [1.807, 2.05) is 0 Å². The number of nitrogens with zero attached hydrogens (tertiary/aromatic N) is 2. The Bertz CT molecular complexity index is 515. The fraction of sp³-hybridized carbons (Fsp3) is 0. The molecule has 0 saturated heterocycles. The summed E-state index contributed by atoms with van der Waals surface area (Å²) in [6, 6.07) is 12.5. The number of rotatable bonds is 1. The maximum absolute atomic E-state index is 13.0. The van der Waals surface area contributed by atoms with Gasteiger partial charge in [0.2, 0.25) is 0 Å². The van der Waals surface area contributed by atoms with Gasteiger partial charge in [-0.25, -0.2) is 4.39 Å². The summed E-state index contributed by atoms with van der Waals surface area (Å²) in [6.07, 6.45) is 1.63. The third-order valence-corrected chi connectivity index (χ3v) is 1.97. The van der Waals surface area contributed by atoms with Crippen molar-refractivity contribution in [2.45, 2.75) is 0 Å². The number of pyridine rings is 1. The van der Waals surface area contributed by atoms with E-state index in [1.165, 1.54) is 12.1 Å². The van der Waals surface area contributed by atoms with Crippen LogP contribution in [-0.2, 0) is 0 Å². The summed E-state index contributed by atoms with van der Waals surface area (Å²) in [7, 11) is 0. The minimum absolute atomic E-state index is 0.0200. The summed E-state index contributed by atoms with van der Waals surface area (Å²) in [5.74, 6) is -0.516.